The third-order valence-corrected chi connectivity index (χ3v) is 7.76. The molecule has 4 nitrogen and oxygen atoms in total. The zero-order valence-electron chi connectivity index (χ0n) is 18.8. The molecule has 1 amide bonds. The summed E-state index contributed by atoms with van der Waals surface area (Å²) in [4.78, 5) is 15.3. The van der Waals surface area contributed by atoms with E-state index >= 15 is 0 Å². The van der Waals surface area contributed by atoms with Gasteiger partial charge in [0.2, 0.25) is 0 Å². The zero-order valence-corrected chi connectivity index (χ0v) is 24.1. The van der Waals surface area contributed by atoms with Gasteiger partial charge in [-0.25, -0.2) is 0 Å². The molecule has 4 rings (SSSR count). The van der Waals surface area contributed by atoms with Gasteiger partial charge in [0.25, 0.3) is 5.91 Å². The number of carbonyl (C=O) groups excluding carboxylic acids is 1. The molecular weight excluding hydrogens is 636 g/mol. The summed E-state index contributed by atoms with van der Waals surface area (Å²) >= 11 is 21.3. The van der Waals surface area contributed by atoms with Gasteiger partial charge in [0, 0.05) is 15.6 Å². The molecule has 1 saturated heterocycles. The molecule has 35 heavy (non-hydrogen) atoms. The fraction of sp³-hybridized carbons (Fsp3) is 0.154. The van der Waals surface area contributed by atoms with E-state index in [9.17, 15) is 4.79 Å². The Morgan fingerprint density at radius 1 is 1.11 bits per heavy atom. The van der Waals surface area contributed by atoms with Crippen LogP contribution in [0.2, 0.25) is 10.0 Å². The van der Waals surface area contributed by atoms with Crippen molar-refractivity contribution in [3.8, 4) is 11.5 Å². The van der Waals surface area contributed by atoms with Gasteiger partial charge in [0.15, 0.2) is 15.8 Å². The molecule has 1 heterocycles. The maximum Gasteiger partial charge on any atom is 0.270 e. The van der Waals surface area contributed by atoms with E-state index in [0.29, 0.717) is 37.4 Å². The van der Waals surface area contributed by atoms with Gasteiger partial charge in [0.1, 0.15) is 6.61 Å². The molecule has 1 aliphatic rings. The molecule has 9 heteroatoms. The molecule has 0 saturated carbocycles. The van der Waals surface area contributed by atoms with E-state index in [0.717, 1.165) is 25.9 Å². The predicted molar refractivity (Wildman–Crippen MR) is 158 cm³/mol. The summed E-state index contributed by atoms with van der Waals surface area (Å²) in [7, 11) is 0. The van der Waals surface area contributed by atoms with Crippen LogP contribution < -0.4 is 14.4 Å². The number of carbonyl (C=O) groups is 1. The lowest BCUT2D eigenvalue weighted by Gasteiger charge is -2.16. The van der Waals surface area contributed by atoms with Gasteiger partial charge >= 0.3 is 0 Å². The van der Waals surface area contributed by atoms with Gasteiger partial charge in [0.05, 0.1) is 20.8 Å². The standard InChI is InChI=1S/C26H20Cl2INO3S2/c1-3-32-22-11-16(10-21(29)24(22)33-14-17-7-8-18(27)13-20(17)28)12-23-25(31)30(26(34)35-23)19-6-4-5-15(2)9-19/h4-13H,3,14H2,1-2H3/b23-12-. The van der Waals surface area contributed by atoms with Crippen molar-refractivity contribution in [1.82, 2.24) is 0 Å². The quantitative estimate of drug-likeness (QED) is 0.146. The number of hydrogen-bond acceptors (Lipinski definition) is 5. The normalized spacial score (nSPS) is 14.7. The number of halogens is 3. The van der Waals surface area contributed by atoms with Crippen LogP contribution in [0.4, 0.5) is 5.69 Å². The van der Waals surface area contributed by atoms with Crippen molar-refractivity contribution in [2.24, 2.45) is 0 Å². The average molecular weight is 656 g/mol. The minimum absolute atomic E-state index is 0.142. The topological polar surface area (TPSA) is 38.8 Å². The number of thiocarbonyl (C=S) groups is 1. The van der Waals surface area contributed by atoms with Crippen LogP contribution in [-0.2, 0) is 11.4 Å². The highest BCUT2D eigenvalue weighted by atomic mass is 127. The minimum Gasteiger partial charge on any atom is -0.490 e. The van der Waals surface area contributed by atoms with E-state index < -0.39 is 0 Å². The highest BCUT2D eigenvalue weighted by molar-refractivity contribution is 14.1. The lowest BCUT2D eigenvalue weighted by Crippen LogP contribution is -2.27. The third kappa shape index (κ3) is 6.14. The van der Waals surface area contributed by atoms with E-state index in [2.05, 4.69) is 22.6 Å². The van der Waals surface area contributed by atoms with Crippen LogP contribution in [0.1, 0.15) is 23.6 Å². The van der Waals surface area contributed by atoms with Crippen LogP contribution in [0.3, 0.4) is 0 Å². The molecule has 0 bridgehead atoms. The molecule has 1 aliphatic heterocycles. The third-order valence-electron chi connectivity index (χ3n) is 5.07. The summed E-state index contributed by atoms with van der Waals surface area (Å²) in [6, 6.07) is 16.8. The van der Waals surface area contributed by atoms with Crippen LogP contribution in [0.5, 0.6) is 11.5 Å². The molecule has 1 fully saturated rings. The SMILES string of the molecule is CCOc1cc(/C=C2\SC(=S)N(c3cccc(C)c3)C2=O)cc(I)c1OCc1ccc(Cl)cc1Cl. The van der Waals surface area contributed by atoms with Crippen LogP contribution in [0.15, 0.2) is 59.5 Å². The smallest absolute Gasteiger partial charge is 0.270 e. The van der Waals surface area contributed by atoms with Crippen molar-refractivity contribution >= 4 is 91.8 Å². The molecule has 3 aromatic rings. The van der Waals surface area contributed by atoms with Gasteiger partial charge in [-0.15, -0.1) is 0 Å². The van der Waals surface area contributed by atoms with Crippen molar-refractivity contribution in [3.63, 3.8) is 0 Å². The summed E-state index contributed by atoms with van der Waals surface area (Å²) in [5.74, 6) is 1.06. The summed E-state index contributed by atoms with van der Waals surface area (Å²) in [5.41, 5.74) is 3.47. The van der Waals surface area contributed by atoms with Gasteiger partial charge in [-0.2, -0.15) is 0 Å². The number of hydrogen-bond donors (Lipinski definition) is 0. The number of aryl methyl sites for hydroxylation is 1. The van der Waals surface area contributed by atoms with E-state index in [1.807, 2.05) is 62.4 Å². The number of anilines is 1. The van der Waals surface area contributed by atoms with Gasteiger partial charge in [-0.3, -0.25) is 9.69 Å². The Morgan fingerprint density at radius 2 is 1.91 bits per heavy atom. The molecule has 0 N–H and O–H groups in total. The van der Waals surface area contributed by atoms with Crippen LogP contribution in [-0.4, -0.2) is 16.8 Å². The maximum atomic E-state index is 13.2. The number of rotatable bonds is 7. The maximum absolute atomic E-state index is 13.2. The molecule has 0 aliphatic carbocycles. The highest BCUT2D eigenvalue weighted by Gasteiger charge is 2.33. The van der Waals surface area contributed by atoms with Crippen molar-refractivity contribution < 1.29 is 14.3 Å². The molecule has 0 radical (unpaired) electrons. The Labute approximate surface area is 237 Å². The van der Waals surface area contributed by atoms with Gasteiger partial charge < -0.3 is 9.47 Å². The molecule has 0 unspecified atom stereocenters. The molecule has 0 spiro atoms. The number of nitrogens with zero attached hydrogens (tertiary/aromatic N) is 1. The van der Waals surface area contributed by atoms with Gasteiger partial charge in [-0.05, 0) is 90.0 Å². The Balaban J connectivity index is 1.61. The fourth-order valence-corrected chi connectivity index (χ4v) is 6.01. The second-order valence-corrected chi connectivity index (χ2v) is 11.3. The lowest BCUT2D eigenvalue weighted by molar-refractivity contribution is -0.113. The molecule has 0 aromatic heterocycles. The molecule has 180 valence electrons. The van der Waals surface area contributed by atoms with E-state index in [4.69, 9.17) is 44.9 Å². The average Bonchev–Trinajstić information content (AvgIpc) is 3.07. The number of ether oxygens (including phenoxy) is 2. The first kappa shape index (κ1) is 26.3. The molecule has 0 atom stereocenters. The fourth-order valence-electron chi connectivity index (χ4n) is 3.47. The van der Waals surface area contributed by atoms with E-state index in [1.54, 1.807) is 17.0 Å². The van der Waals surface area contributed by atoms with Crippen LogP contribution in [0.25, 0.3) is 6.08 Å². The summed E-state index contributed by atoms with van der Waals surface area (Å²) in [6.07, 6.45) is 1.83. The minimum atomic E-state index is -0.142. The molecule has 3 aromatic carbocycles. The monoisotopic (exact) mass is 655 g/mol. The lowest BCUT2D eigenvalue weighted by atomic mass is 10.1. The van der Waals surface area contributed by atoms with Crippen molar-refractivity contribution in [2.75, 3.05) is 11.5 Å². The summed E-state index contributed by atoms with van der Waals surface area (Å²) < 4.78 is 13.3. The molecular formula is C26H20Cl2INO3S2. The zero-order chi connectivity index (χ0) is 25.1. The second-order valence-electron chi connectivity index (χ2n) is 7.64. The first-order chi connectivity index (χ1) is 16.8. The Hall–Kier alpha value is -1.78. The van der Waals surface area contributed by atoms with Crippen molar-refractivity contribution in [2.45, 2.75) is 20.5 Å². The first-order valence-corrected chi connectivity index (χ1v) is 13.7. The van der Waals surface area contributed by atoms with Gasteiger partial charge in [-0.1, -0.05) is 65.4 Å². The Kier molecular flexibility index (Phi) is 8.65. The number of thioether (sulfide) groups is 1. The summed E-state index contributed by atoms with van der Waals surface area (Å²) in [5, 5.41) is 1.11. The van der Waals surface area contributed by atoms with E-state index in [-0.39, 0.29) is 12.5 Å². The predicted octanol–water partition coefficient (Wildman–Crippen LogP) is 8.29. The summed E-state index contributed by atoms with van der Waals surface area (Å²) in [6.45, 7) is 4.62. The Morgan fingerprint density at radius 3 is 2.63 bits per heavy atom. The highest BCUT2D eigenvalue weighted by Crippen LogP contribution is 2.39. The first-order valence-electron chi connectivity index (χ1n) is 10.6. The number of amides is 1. The van der Waals surface area contributed by atoms with Crippen molar-refractivity contribution in [1.29, 1.82) is 0 Å². The number of benzene rings is 3. The van der Waals surface area contributed by atoms with Crippen LogP contribution >= 0.6 is 69.8 Å². The van der Waals surface area contributed by atoms with E-state index in [1.165, 1.54) is 11.8 Å². The largest absolute Gasteiger partial charge is 0.490 e. The van der Waals surface area contributed by atoms with Crippen LogP contribution in [0, 0.1) is 10.5 Å². The van der Waals surface area contributed by atoms with Crippen molar-refractivity contribution in [3.05, 3.63) is 89.8 Å². The second kappa shape index (κ2) is 11.5. The Bertz CT molecular complexity index is 1350.